The van der Waals surface area contributed by atoms with Crippen LogP contribution in [0, 0.1) is 0 Å². The zero-order valence-electron chi connectivity index (χ0n) is 15.2. The molecule has 2 fully saturated rings. The van der Waals surface area contributed by atoms with E-state index in [0.29, 0.717) is 12.5 Å². The Kier molecular flexibility index (Phi) is 5.93. The van der Waals surface area contributed by atoms with Gasteiger partial charge >= 0.3 is 0 Å². The number of hydrogen-bond acceptors (Lipinski definition) is 5. The molecule has 1 aliphatic carbocycles. The highest BCUT2D eigenvalue weighted by atomic mass is 16.3. The summed E-state index contributed by atoms with van der Waals surface area (Å²) in [6.07, 6.45) is 5.96. The number of hydrogen-bond donors (Lipinski definition) is 3. The molecule has 3 rings (SSSR count). The molecule has 1 aromatic carbocycles. The Morgan fingerprint density at radius 1 is 1.12 bits per heavy atom. The molecule has 138 valence electrons. The molecular formula is C19H30N4O2. The van der Waals surface area contributed by atoms with Gasteiger partial charge in [-0.1, -0.05) is 25.0 Å². The molecule has 25 heavy (non-hydrogen) atoms. The van der Waals surface area contributed by atoms with E-state index in [1.54, 1.807) is 12.1 Å². The average molecular weight is 346 g/mol. The molecule has 1 heterocycles. The van der Waals surface area contributed by atoms with Gasteiger partial charge in [-0.2, -0.15) is 0 Å². The molecule has 6 nitrogen and oxygen atoms in total. The van der Waals surface area contributed by atoms with Crippen molar-refractivity contribution >= 4 is 5.91 Å². The summed E-state index contributed by atoms with van der Waals surface area (Å²) in [4.78, 5) is 16.9. The summed E-state index contributed by atoms with van der Waals surface area (Å²) < 4.78 is 0. The summed E-state index contributed by atoms with van der Waals surface area (Å²) in [5.41, 5.74) is 7.40. The van der Waals surface area contributed by atoms with E-state index in [1.165, 1.54) is 25.7 Å². The summed E-state index contributed by atoms with van der Waals surface area (Å²) in [7, 11) is 4.06. The normalized spacial score (nSPS) is 24.1. The number of nitrogens with one attached hydrogen (secondary N) is 2. The van der Waals surface area contributed by atoms with Crippen LogP contribution in [0.4, 0.5) is 0 Å². The van der Waals surface area contributed by atoms with Gasteiger partial charge in [0, 0.05) is 32.2 Å². The predicted molar refractivity (Wildman–Crippen MR) is 98.0 cm³/mol. The molecule has 0 spiro atoms. The van der Waals surface area contributed by atoms with Crippen molar-refractivity contribution in [3.63, 3.8) is 0 Å². The minimum atomic E-state index is -0.208. The van der Waals surface area contributed by atoms with Gasteiger partial charge in [-0.15, -0.1) is 0 Å². The van der Waals surface area contributed by atoms with Crippen molar-refractivity contribution in [2.24, 2.45) is 0 Å². The van der Waals surface area contributed by atoms with Crippen molar-refractivity contribution in [3.8, 4) is 5.75 Å². The fraction of sp³-hybridized carbons (Fsp3) is 0.632. The lowest BCUT2D eigenvalue weighted by Gasteiger charge is -2.27. The topological polar surface area (TPSA) is 67.8 Å². The number of carbonyl (C=O) groups is 1. The first-order chi connectivity index (χ1) is 12.0. The van der Waals surface area contributed by atoms with E-state index in [9.17, 15) is 9.90 Å². The maximum Gasteiger partial charge on any atom is 0.240 e. The second kappa shape index (κ2) is 8.17. The van der Waals surface area contributed by atoms with Crippen molar-refractivity contribution in [1.82, 2.24) is 20.7 Å². The summed E-state index contributed by atoms with van der Waals surface area (Å²) in [5, 5.41) is 9.39. The molecule has 0 radical (unpaired) electrons. The van der Waals surface area contributed by atoms with E-state index in [1.807, 2.05) is 24.1 Å². The van der Waals surface area contributed by atoms with Crippen LogP contribution in [-0.2, 0) is 4.79 Å². The SMILES string of the molecule is CN(CCN(C)C1CCCC1)C(=O)C1CC(c2ccc(O)cc2)NN1. The van der Waals surface area contributed by atoms with E-state index in [-0.39, 0.29) is 23.7 Å². The van der Waals surface area contributed by atoms with Gasteiger partial charge in [0.2, 0.25) is 5.91 Å². The third-order valence-electron chi connectivity index (χ3n) is 5.61. The number of likely N-dealkylation sites (N-methyl/N-ethyl adjacent to an activating group) is 2. The maximum atomic E-state index is 12.7. The van der Waals surface area contributed by atoms with Crippen molar-refractivity contribution in [3.05, 3.63) is 29.8 Å². The Balaban J connectivity index is 1.46. The highest BCUT2D eigenvalue weighted by Gasteiger charge is 2.32. The minimum Gasteiger partial charge on any atom is -0.508 e. The van der Waals surface area contributed by atoms with Crippen LogP contribution >= 0.6 is 0 Å². The average Bonchev–Trinajstić information content (AvgIpc) is 3.31. The summed E-state index contributed by atoms with van der Waals surface area (Å²) in [6, 6.07) is 7.70. The van der Waals surface area contributed by atoms with Crippen molar-refractivity contribution in [2.45, 2.75) is 50.2 Å². The third-order valence-corrected chi connectivity index (χ3v) is 5.61. The first kappa shape index (κ1) is 18.2. The van der Waals surface area contributed by atoms with Crippen LogP contribution in [0.2, 0.25) is 0 Å². The van der Waals surface area contributed by atoms with Crippen LogP contribution < -0.4 is 10.9 Å². The van der Waals surface area contributed by atoms with E-state index < -0.39 is 0 Å². The van der Waals surface area contributed by atoms with Crippen molar-refractivity contribution < 1.29 is 9.90 Å². The first-order valence-corrected chi connectivity index (χ1v) is 9.30. The number of nitrogens with zero attached hydrogens (tertiary/aromatic N) is 2. The molecule has 1 aromatic rings. The number of carbonyl (C=O) groups excluding carboxylic acids is 1. The Morgan fingerprint density at radius 3 is 2.48 bits per heavy atom. The van der Waals surface area contributed by atoms with Crippen LogP contribution in [-0.4, -0.2) is 60.1 Å². The molecule has 1 amide bonds. The van der Waals surface area contributed by atoms with Crippen molar-refractivity contribution in [1.29, 1.82) is 0 Å². The fourth-order valence-electron chi connectivity index (χ4n) is 3.85. The Labute approximate surface area is 150 Å². The lowest BCUT2D eigenvalue weighted by Crippen LogP contribution is -2.46. The van der Waals surface area contributed by atoms with E-state index >= 15 is 0 Å². The third kappa shape index (κ3) is 4.51. The highest BCUT2D eigenvalue weighted by Crippen LogP contribution is 2.25. The van der Waals surface area contributed by atoms with E-state index in [4.69, 9.17) is 0 Å². The molecule has 3 N–H and O–H groups in total. The molecule has 2 atom stereocenters. The second-order valence-electron chi connectivity index (χ2n) is 7.40. The summed E-state index contributed by atoms with van der Waals surface area (Å²) in [5.74, 6) is 0.391. The lowest BCUT2D eigenvalue weighted by molar-refractivity contribution is -0.132. The standard InChI is InChI=1S/C19H30N4O2/c1-22(15-5-3-4-6-15)11-12-23(2)19(25)18-13-17(20-21-18)14-7-9-16(24)10-8-14/h7-10,15,17-18,20-21,24H,3-6,11-13H2,1-2H3. The Hall–Kier alpha value is -1.63. The zero-order chi connectivity index (χ0) is 17.8. The second-order valence-corrected chi connectivity index (χ2v) is 7.40. The van der Waals surface area contributed by atoms with Crippen LogP contribution in [0.5, 0.6) is 5.75 Å². The number of rotatable bonds is 6. The monoisotopic (exact) mass is 346 g/mol. The quantitative estimate of drug-likeness (QED) is 0.731. The highest BCUT2D eigenvalue weighted by molar-refractivity contribution is 5.82. The molecule has 0 aromatic heterocycles. The Morgan fingerprint density at radius 2 is 1.80 bits per heavy atom. The number of hydrazine groups is 1. The number of phenolic OH excluding ortho intramolecular Hbond substituents is 1. The number of aromatic hydroxyl groups is 1. The van der Waals surface area contributed by atoms with Crippen LogP contribution in [0.3, 0.4) is 0 Å². The van der Waals surface area contributed by atoms with Gasteiger partial charge in [-0.25, -0.2) is 10.9 Å². The molecule has 1 saturated heterocycles. The van der Waals surface area contributed by atoms with Crippen LogP contribution in [0.25, 0.3) is 0 Å². The van der Waals surface area contributed by atoms with Gasteiger partial charge in [-0.3, -0.25) is 4.79 Å². The largest absolute Gasteiger partial charge is 0.508 e. The number of amides is 1. The van der Waals surface area contributed by atoms with Gasteiger partial charge in [0.05, 0.1) is 0 Å². The number of phenols is 1. The zero-order valence-corrected chi connectivity index (χ0v) is 15.2. The van der Waals surface area contributed by atoms with Gasteiger partial charge in [0.1, 0.15) is 11.8 Å². The number of benzene rings is 1. The molecule has 1 saturated carbocycles. The summed E-state index contributed by atoms with van der Waals surface area (Å²) >= 11 is 0. The molecule has 6 heteroatoms. The molecule has 2 aliphatic rings. The molecule has 1 aliphatic heterocycles. The van der Waals surface area contributed by atoms with Gasteiger partial charge in [0.25, 0.3) is 0 Å². The lowest BCUT2D eigenvalue weighted by atomic mass is 10.0. The van der Waals surface area contributed by atoms with Gasteiger partial charge in [-0.05, 0) is 44.0 Å². The van der Waals surface area contributed by atoms with Crippen LogP contribution in [0.15, 0.2) is 24.3 Å². The fourth-order valence-corrected chi connectivity index (χ4v) is 3.85. The Bertz CT molecular complexity index is 571. The molecule has 0 bridgehead atoms. The first-order valence-electron chi connectivity index (χ1n) is 9.30. The minimum absolute atomic E-state index is 0.0871. The molecule has 2 unspecified atom stereocenters. The summed E-state index contributed by atoms with van der Waals surface area (Å²) in [6.45, 7) is 1.68. The predicted octanol–water partition coefficient (Wildman–Crippen LogP) is 1.63. The van der Waals surface area contributed by atoms with Crippen molar-refractivity contribution in [2.75, 3.05) is 27.2 Å². The van der Waals surface area contributed by atoms with Gasteiger partial charge < -0.3 is 14.9 Å². The van der Waals surface area contributed by atoms with E-state index in [0.717, 1.165) is 18.7 Å². The van der Waals surface area contributed by atoms with Gasteiger partial charge in [0.15, 0.2) is 0 Å². The van der Waals surface area contributed by atoms with Crippen LogP contribution in [0.1, 0.15) is 43.7 Å². The molecular weight excluding hydrogens is 316 g/mol. The smallest absolute Gasteiger partial charge is 0.240 e. The maximum absolute atomic E-state index is 12.7. The van der Waals surface area contributed by atoms with E-state index in [2.05, 4.69) is 22.8 Å².